The van der Waals surface area contributed by atoms with E-state index in [1.54, 1.807) is 17.9 Å². The molecule has 7 rings (SSSR count). The minimum atomic E-state index is -4.66. The number of halogens is 3. The molecule has 8 nitrogen and oxygen atoms in total. The molecule has 1 aliphatic carbocycles. The maximum atomic E-state index is 14.2. The molecule has 3 aromatic rings. The van der Waals surface area contributed by atoms with Gasteiger partial charge in [-0.2, -0.15) is 13.2 Å². The molecule has 2 aromatic heterocycles. The standard InChI is InChI=1S/C30H32F3N5O3S2/c1-16(39)12-37-5-4-18-9-23(21(17-2-3-17)8-19(18)13-37)35-29-34-11-22(30(31,32)33)26(36-29)24-10-25-27(43-24)28(40)38(6-7-42-25)20-14-41-15-20/h8-11,16-17,20,39H,2-7,12-15H2,1H3,(H,34,35,36). The van der Waals surface area contributed by atoms with Gasteiger partial charge in [0.2, 0.25) is 5.95 Å². The quantitative estimate of drug-likeness (QED) is 0.352. The van der Waals surface area contributed by atoms with E-state index >= 15 is 0 Å². The number of carbonyl (C=O) groups excluding carboxylic acids is 1. The van der Waals surface area contributed by atoms with Crippen molar-refractivity contribution < 1.29 is 27.8 Å². The van der Waals surface area contributed by atoms with Gasteiger partial charge in [-0.15, -0.1) is 23.1 Å². The maximum Gasteiger partial charge on any atom is 0.420 e. The van der Waals surface area contributed by atoms with Gasteiger partial charge in [-0.1, -0.05) is 6.07 Å². The van der Waals surface area contributed by atoms with Crippen molar-refractivity contribution in [1.29, 1.82) is 0 Å². The topological polar surface area (TPSA) is 90.8 Å². The molecule has 4 aliphatic rings. The number of hydrogen-bond donors (Lipinski definition) is 2. The van der Waals surface area contributed by atoms with E-state index < -0.39 is 17.8 Å². The van der Waals surface area contributed by atoms with Crippen LogP contribution in [-0.4, -0.2) is 81.5 Å². The van der Waals surface area contributed by atoms with E-state index in [1.807, 2.05) is 0 Å². The number of nitrogens with one attached hydrogen (secondary N) is 1. The van der Waals surface area contributed by atoms with Gasteiger partial charge in [-0.3, -0.25) is 9.69 Å². The van der Waals surface area contributed by atoms with E-state index in [4.69, 9.17) is 4.74 Å². The number of nitrogens with zero attached hydrogens (tertiary/aromatic N) is 4. The number of anilines is 2. The number of β-amino-alcohol motifs (C(OH)–C–C–N with tert-alkyl or cyclic N) is 1. The minimum Gasteiger partial charge on any atom is -0.392 e. The lowest BCUT2D eigenvalue weighted by molar-refractivity contribution is -0.137. The summed E-state index contributed by atoms with van der Waals surface area (Å²) in [6.45, 7) is 5.52. The van der Waals surface area contributed by atoms with Gasteiger partial charge in [0.25, 0.3) is 5.91 Å². The number of fused-ring (bicyclic) bond motifs is 2. The molecule has 1 saturated carbocycles. The Labute approximate surface area is 255 Å². The highest BCUT2D eigenvalue weighted by Crippen LogP contribution is 2.47. The number of rotatable bonds is 7. The van der Waals surface area contributed by atoms with Crippen LogP contribution >= 0.6 is 23.1 Å². The number of amides is 1. The maximum absolute atomic E-state index is 14.2. The summed E-state index contributed by atoms with van der Waals surface area (Å²) in [5.74, 6) is 0.967. The highest BCUT2D eigenvalue weighted by Gasteiger charge is 2.38. The van der Waals surface area contributed by atoms with Gasteiger partial charge in [-0.05, 0) is 60.9 Å². The van der Waals surface area contributed by atoms with E-state index in [1.165, 1.54) is 22.9 Å². The number of thiophene rings is 1. The lowest BCUT2D eigenvalue weighted by atomic mass is 9.94. The fourth-order valence-corrected chi connectivity index (χ4v) is 8.32. The number of carbonyl (C=O) groups is 1. The Morgan fingerprint density at radius 1 is 1.19 bits per heavy atom. The summed E-state index contributed by atoms with van der Waals surface area (Å²) in [4.78, 5) is 27.4. The van der Waals surface area contributed by atoms with Crippen LogP contribution in [0.2, 0.25) is 0 Å². The van der Waals surface area contributed by atoms with Crippen LogP contribution in [0.15, 0.2) is 29.3 Å². The van der Waals surface area contributed by atoms with Crippen LogP contribution < -0.4 is 5.32 Å². The van der Waals surface area contributed by atoms with Gasteiger partial charge in [0.05, 0.1) is 35.9 Å². The average Bonchev–Trinajstić information content (AvgIpc) is 3.70. The lowest BCUT2D eigenvalue weighted by Gasteiger charge is -2.36. The first-order valence-corrected chi connectivity index (χ1v) is 16.4. The van der Waals surface area contributed by atoms with Gasteiger partial charge >= 0.3 is 6.18 Å². The smallest absolute Gasteiger partial charge is 0.392 e. The molecule has 3 aliphatic heterocycles. The summed E-state index contributed by atoms with van der Waals surface area (Å²) in [5.41, 5.74) is 3.18. The Balaban J connectivity index is 1.22. The van der Waals surface area contributed by atoms with E-state index in [-0.39, 0.29) is 23.6 Å². The van der Waals surface area contributed by atoms with Gasteiger partial charge in [0.1, 0.15) is 10.4 Å². The molecule has 228 valence electrons. The molecule has 0 radical (unpaired) electrons. The number of ether oxygens (including phenoxy) is 1. The Morgan fingerprint density at radius 3 is 2.70 bits per heavy atom. The Bertz CT molecular complexity index is 1550. The molecular formula is C30H32F3N5O3S2. The van der Waals surface area contributed by atoms with Crippen molar-refractivity contribution in [3.8, 4) is 10.6 Å². The van der Waals surface area contributed by atoms with Gasteiger partial charge in [0, 0.05) is 48.7 Å². The molecule has 1 atom stereocenters. The van der Waals surface area contributed by atoms with Crippen molar-refractivity contribution in [2.45, 2.75) is 61.9 Å². The number of aliphatic hydroxyl groups excluding tert-OH is 1. The third kappa shape index (κ3) is 5.89. The van der Waals surface area contributed by atoms with Crippen molar-refractivity contribution in [3.05, 3.63) is 51.5 Å². The summed E-state index contributed by atoms with van der Waals surface area (Å²) in [6.07, 6.45) is -1.29. The third-order valence-corrected chi connectivity index (χ3v) is 10.7. The molecule has 1 saturated heterocycles. The highest BCUT2D eigenvalue weighted by molar-refractivity contribution is 7.99. The molecule has 0 bridgehead atoms. The first-order chi connectivity index (χ1) is 20.6. The Kier molecular flexibility index (Phi) is 7.65. The molecule has 1 unspecified atom stereocenters. The van der Waals surface area contributed by atoms with E-state index in [0.29, 0.717) is 52.6 Å². The average molecular weight is 632 g/mol. The summed E-state index contributed by atoms with van der Waals surface area (Å²) >= 11 is 2.54. The molecule has 2 N–H and O–H groups in total. The second-order valence-corrected chi connectivity index (χ2v) is 13.9. The molecule has 1 amide bonds. The number of alkyl halides is 3. The van der Waals surface area contributed by atoms with Crippen molar-refractivity contribution in [3.63, 3.8) is 0 Å². The summed E-state index contributed by atoms with van der Waals surface area (Å²) in [7, 11) is 0. The zero-order valence-electron chi connectivity index (χ0n) is 23.6. The highest BCUT2D eigenvalue weighted by atomic mass is 32.2. The largest absolute Gasteiger partial charge is 0.420 e. The van der Waals surface area contributed by atoms with Crippen molar-refractivity contribution >= 4 is 40.6 Å². The van der Waals surface area contributed by atoms with Crippen LogP contribution in [0.1, 0.15) is 57.6 Å². The third-order valence-electron chi connectivity index (χ3n) is 8.38. The second kappa shape index (κ2) is 11.3. The van der Waals surface area contributed by atoms with Crippen molar-refractivity contribution in [1.82, 2.24) is 19.8 Å². The summed E-state index contributed by atoms with van der Waals surface area (Å²) in [6, 6.07) is 5.96. The lowest BCUT2D eigenvalue weighted by Crippen LogP contribution is -2.52. The predicted molar refractivity (Wildman–Crippen MR) is 159 cm³/mol. The second-order valence-electron chi connectivity index (χ2n) is 11.7. The van der Waals surface area contributed by atoms with Crippen LogP contribution in [0.4, 0.5) is 24.8 Å². The van der Waals surface area contributed by atoms with Gasteiger partial charge in [0.15, 0.2) is 0 Å². The monoisotopic (exact) mass is 631 g/mol. The fourth-order valence-electron chi connectivity index (χ4n) is 6.00. The molecule has 0 spiro atoms. The number of benzene rings is 1. The van der Waals surface area contributed by atoms with Crippen LogP contribution in [0.25, 0.3) is 10.6 Å². The number of aromatic nitrogens is 2. The molecule has 5 heterocycles. The zero-order chi connectivity index (χ0) is 29.9. The number of thioether (sulfide) groups is 1. The molecule has 43 heavy (non-hydrogen) atoms. The molecule has 13 heteroatoms. The van der Waals surface area contributed by atoms with Crippen molar-refractivity contribution in [2.75, 3.05) is 43.9 Å². The van der Waals surface area contributed by atoms with E-state index in [9.17, 15) is 23.1 Å². The van der Waals surface area contributed by atoms with Crippen LogP contribution in [0, 0.1) is 0 Å². The molecule has 1 aromatic carbocycles. The van der Waals surface area contributed by atoms with Crippen LogP contribution in [0.5, 0.6) is 0 Å². The zero-order valence-corrected chi connectivity index (χ0v) is 25.2. The molecule has 2 fully saturated rings. The van der Waals surface area contributed by atoms with Crippen LogP contribution in [-0.2, 0) is 23.9 Å². The van der Waals surface area contributed by atoms with Crippen molar-refractivity contribution in [2.24, 2.45) is 0 Å². The van der Waals surface area contributed by atoms with Gasteiger partial charge < -0.3 is 20.1 Å². The predicted octanol–water partition coefficient (Wildman–Crippen LogP) is 5.53. The van der Waals surface area contributed by atoms with Crippen LogP contribution in [0.3, 0.4) is 0 Å². The normalized spacial score (nSPS) is 20.3. The van der Waals surface area contributed by atoms with Gasteiger partial charge in [-0.25, -0.2) is 9.97 Å². The minimum absolute atomic E-state index is 0.00350. The summed E-state index contributed by atoms with van der Waals surface area (Å²) in [5, 5.41) is 13.1. The summed E-state index contributed by atoms with van der Waals surface area (Å²) < 4.78 is 47.9. The van der Waals surface area contributed by atoms with E-state index in [2.05, 4.69) is 32.3 Å². The first-order valence-electron chi connectivity index (χ1n) is 14.6. The SMILES string of the molecule is CC(O)CN1CCc2cc(Nc3ncc(C(F)(F)F)c(-c4cc5c(s4)C(=O)N(C4COC4)CCS5)n3)c(C3CC3)cc2C1. The first kappa shape index (κ1) is 29.0. The fraction of sp³-hybridized carbons (Fsp3) is 0.500. The van der Waals surface area contributed by atoms with E-state index in [0.717, 1.165) is 61.1 Å². The molecular weight excluding hydrogens is 599 g/mol. The Hall–Kier alpha value is -2.71. The Morgan fingerprint density at radius 2 is 2.00 bits per heavy atom. The number of aliphatic hydroxyl groups is 1. The number of hydrogen-bond acceptors (Lipinski definition) is 9.